The van der Waals surface area contributed by atoms with E-state index in [1.165, 1.54) is 0 Å². The van der Waals surface area contributed by atoms with Gasteiger partial charge in [0, 0.05) is 6.04 Å². The van der Waals surface area contributed by atoms with Gasteiger partial charge in [-0.1, -0.05) is 13.3 Å². The molecule has 2 atom stereocenters. The van der Waals surface area contributed by atoms with Gasteiger partial charge in [0.1, 0.15) is 0 Å². The molecule has 0 aromatic rings. The topological polar surface area (TPSA) is 104 Å². The predicted molar refractivity (Wildman–Crippen MR) is 60.5 cm³/mol. The van der Waals surface area contributed by atoms with Gasteiger partial charge in [-0.15, -0.1) is 0 Å². The fourth-order valence-corrected chi connectivity index (χ4v) is 1.85. The van der Waals surface area contributed by atoms with Crippen LogP contribution in [0.1, 0.15) is 33.6 Å². The quantitative estimate of drug-likeness (QED) is 0.706. The highest BCUT2D eigenvalue weighted by molar-refractivity contribution is 6.28. The van der Waals surface area contributed by atoms with Gasteiger partial charge in [-0.05, 0) is 20.3 Å². The molecule has 0 aliphatic carbocycles. The number of amides is 4. The van der Waals surface area contributed by atoms with Crippen LogP contribution >= 0.6 is 0 Å². The van der Waals surface area contributed by atoms with Crippen molar-refractivity contribution in [1.82, 2.24) is 10.2 Å². The summed E-state index contributed by atoms with van der Waals surface area (Å²) >= 11 is 0. The van der Waals surface area contributed by atoms with Crippen LogP contribution in [0.15, 0.2) is 0 Å². The number of hydrogen-bond acceptors (Lipinski definition) is 4. The summed E-state index contributed by atoms with van der Waals surface area (Å²) in [5.41, 5.74) is -2.24. The van der Waals surface area contributed by atoms with Crippen molar-refractivity contribution in [3.63, 3.8) is 0 Å². The van der Waals surface area contributed by atoms with E-state index in [0.29, 0.717) is 6.42 Å². The van der Waals surface area contributed by atoms with E-state index in [1.54, 1.807) is 6.92 Å². The summed E-state index contributed by atoms with van der Waals surface area (Å²) in [6.07, 6.45) is 1.28. The molecule has 100 valence electrons. The van der Waals surface area contributed by atoms with Crippen LogP contribution in [0.2, 0.25) is 0 Å². The number of aliphatic carboxylic acids is 1. The van der Waals surface area contributed by atoms with Gasteiger partial charge in [-0.25, -0.2) is 4.79 Å². The van der Waals surface area contributed by atoms with E-state index in [4.69, 9.17) is 5.11 Å². The maximum Gasteiger partial charge on any atom is 0.331 e. The van der Waals surface area contributed by atoms with Gasteiger partial charge in [0.15, 0.2) is 0 Å². The van der Waals surface area contributed by atoms with Crippen LogP contribution in [0, 0.1) is 5.41 Å². The smallest absolute Gasteiger partial charge is 0.331 e. The minimum atomic E-state index is -2.24. The molecular weight excluding hydrogens is 240 g/mol. The number of imide groups is 2. The van der Waals surface area contributed by atoms with Crippen LogP contribution in [-0.2, 0) is 14.4 Å². The van der Waals surface area contributed by atoms with Crippen molar-refractivity contribution >= 4 is 23.8 Å². The molecule has 0 aromatic carbocycles. The van der Waals surface area contributed by atoms with Crippen LogP contribution in [-0.4, -0.2) is 39.9 Å². The van der Waals surface area contributed by atoms with Crippen molar-refractivity contribution in [2.75, 3.05) is 0 Å². The summed E-state index contributed by atoms with van der Waals surface area (Å²) in [7, 11) is 0. The number of barbiturate groups is 1. The lowest BCUT2D eigenvalue weighted by atomic mass is 9.85. The van der Waals surface area contributed by atoms with E-state index in [-0.39, 0.29) is 0 Å². The SMILES string of the molecule is CCCC(C)N1C(=O)NC(=O)C(C)(C(=O)O)C1=O. The van der Waals surface area contributed by atoms with Crippen molar-refractivity contribution in [3.05, 3.63) is 0 Å². The molecule has 7 nitrogen and oxygen atoms in total. The Morgan fingerprint density at radius 1 is 1.44 bits per heavy atom. The first kappa shape index (κ1) is 14.1. The number of carboxylic acids is 1. The zero-order valence-electron chi connectivity index (χ0n) is 10.5. The maximum absolute atomic E-state index is 12.1. The van der Waals surface area contributed by atoms with Gasteiger partial charge in [0.05, 0.1) is 0 Å². The molecule has 1 aliphatic heterocycles. The third-order valence-corrected chi connectivity index (χ3v) is 3.11. The fraction of sp³-hybridized carbons (Fsp3) is 0.636. The molecule has 0 bridgehead atoms. The lowest BCUT2D eigenvalue weighted by Crippen LogP contribution is -2.67. The van der Waals surface area contributed by atoms with E-state index in [1.807, 2.05) is 12.2 Å². The number of carboxylic acid groups (broad SMARTS) is 1. The summed E-state index contributed by atoms with van der Waals surface area (Å²) in [6, 6.07) is -1.31. The predicted octanol–water partition coefficient (Wildman–Crippen LogP) is 0.344. The Bertz CT molecular complexity index is 420. The van der Waals surface area contributed by atoms with E-state index in [2.05, 4.69) is 0 Å². The lowest BCUT2D eigenvalue weighted by Gasteiger charge is -2.37. The van der Waals surface area contributed by atoms with Crippen molar-refractivity contribution in [1.29, 1.82) is 0 Å². The molecule has 0 aromatic heterocycles. The third-order valence-electron chi connectivity index (χ3n) is 3.11. The Hall–Kier alpha value is -1.92. The summed E-state index contributed by atoms with van der Waals surface area (Å²) < 4.78 is 0. The van der Waals surface area contributed by atoms with Gasteiger partial charge in [0.2, 0.25) is 5.41 Å². The van der Waals surface area contributed by atoms with E-state index < -0.39 is 35.3 Å². The standard InChI is InChI=1S/C11H16N2O5/c1-4-5-6(2)13-8(15)11(3,9(16)17)7(14)12-10(13)18/h6H,4-5H2,1-3H3,(H,16,17)(H,12,14,18). The molecule has 1 heterocycles. The first-order chi connectivity index (χ1) is 8.26. The van der Waals surface area contributed by atoms with Gasteiger partial charge < -0.3 is 5.11 Å². The highest BCUT2D eigenvalue weighted by Crippen LogP contribution is 2.27. The number of carbonyl (C=O) groups is 4. The highest BCUT2D eigenvalue weighted by atomic mass is 16.4. The van der Waals surface area contributed by atoms with Crippen LogP contribution in [0.5, 0.6) is 0 Å². The molecule has 4 amide bonds. The van der Waals surface area contributed by atoms with Crippen LogP contribution in [0.25, 0.3) is 0 Å². The minimum absolute atomic E-state index is 0.450. The molecule has 1 saturated heterocycles. The first-order valence-corrected chi connectivity index (χ1v) is 5.69. The van der Waals surface area contributed by atoms with Crippen molar-refractivity contribution in [3.8, 4) is 0 Å². The zero-order valence-corrected chi connectivity index (χ0v) is 10.5. The normalized spacial score (nSPS) is 25.9. The van der Waals surface area contributed by atoms with E-state index in [0.717, 1.165) is 18.2 Å². The number of nitrogens with one attached hydrogen (secondary N) is 1. The summed E-state index contributed by atoms with van der Waals surface area (Å²) in [6.45, 7) is 4.52. The molecule has 1 rings (SSSR count). The summed E-state index contributed by atoms with van der Waals surface area (Å²) in [4.78, 5) is 47.2. The molecule has 1 aliphatic rings. The summed E-state index contributed by atoms with van der Waals surface area (Å²) in [5, 5.41) is 11.0. The second-order valence-corrected chi connectivity index (χ2v) is 4.50. The monoisotopic (exact) mass is 256 g/mol. The minimum Gasteiger partial charge on any atom is -0.480 e. The molecule has 2 unspecified atom stereocenters. The lowest BCUT2D eigenvalue weighted by molar-refractivity contribution is -0.165. The van der Waals surface area contributed by atoms with E-state index in [9.17, 15) is 19.2 Å². The Kier molecular flexibility index (Phi) is 3.73. The van der Waals surface area contributed by atoms with Crippen LogP contribution < -0.4 is 5.32 Å². The molecule has 1 fully saturated rings. The summed E-state index contributed by atoms with van der Waals surface area (Å²) in [5.74, 6) is -3.64. The largest absolute Gasteiger partial charge is 0.480 e. The average molecular weight is 256 g/mol. The van der Waals surface area contributed by atoms with Gasteiger partial charge >= 0.3 is 12.0 Å². The molecule has 18 heavy (non-hydrogen) atoms. The number of rotatable bonds is 4. The van der Waals surface area contributed by atoms with Crippen molar-refractivity contribution < 1.29 is 24.3 Å². The Morgan fingerprint density at radius 3 is 2.44 bits per heavy atom. The molecule has 2 N–H and O–H groups in total. The Labute approximate surface area is 104 Å². The molecular formula is C11H16N2O5. The molecule has 0 saturated carbocycles. The Balaban J connectivity index is 3.15. The molecule has 0 spiro atoms. The number of urea groups is 1. The van der Waals surface area contributed by atoms with Crippen LogP contribution in [0.4, 0.5) is 4.79 Å². The number of nitrogens with zero attached hydrogens (tertiary/aromatic N) is 1. The molecule has 7 heteroatoms. The number of carbonyl (C=O) groups excluding carboxylic acids is 3. The number of hydrogen-bond donors (Lipinski definition) is 2. The zero-order chi connectivity index (χ0) is 14.1. The van der Waals surface area contributed by atoms with Gasteiger partial charge in [0.25, 0.3) is 11.8 Å². The first-order valence-electron chi connectivity index (χ1n) is 5.69. The average Bonchev–Trinajstić information content (AvgIpc) is 2.26. The van der Waals surface area contributed by atoms with Crippen molar-refractivity contribution in [2.24, 2.45) is 5.41 Å². The molecule has 0 radical (unpaired) electrons. The van der Waals surface area contributed by atoms with Crippen molar-refractivity contribution in [2.45, 2.75) is 39.7 Å². The second kappa shape index (κ2) is 4.75. The van der Waals surface area contributed by atoms with Gasteiger partial charge in [-0.2, -0.15) is 0 Å². The second-order valence-electron chi connectivity index (χ2n) is 4.50. The highest BCUT2D eigenvalue weighted by Gasteiger charge is 2.57. The van der Waals surface area contributed by atoms with E-state index >= 15 is 0 Å². The van der Waals surface area contributed by atoms with Crippen LogP contribution in [0.3, 0.4) is 0 Å². The fourth-order valence-electron chi connectivity index (χ4n) is 1.85. The maximum atomic E-state index is 12.1. The van der Waals surface area contributed by atoms with Gasteiger partial charge in [-0.3, -0.25) is 24.6 Å². The third kappa shape index (κ3) is 1.96. The Morgan fingerprint density at radius 2 is 2.00 bits per heavy atom.